The number of aryl methyl sites for hydroxylation is 1. The van der Waals surface area contributed by atoms with Crippen LogP contribution in [0.25, 0.3) is 10.9 Å². The topological polar surface area (TPSA) is 38.7 Å². The molecule has 1 fully saturated rings. The van der Waals surface area contributed by atoms with Gasteiger partial charge in [-0.2, -0.15) is 0 Å². The molecule has 146 valence electrons. The molecule has 1 saturated heterocycles. The fourth-order valence-corrected chi connectivity index (χ4v) is 4.56. The highest BCUT2D eigenvalue weighted by Gasteiger charge is 2.23. The van der Waals surface area contributed by atoms with Crippen LogP contribution in [0, 0.1) is 6.92 Å². The maximum atomic E-state index is 5.51. The summed E-state index contributed by atoms with van der Waals surface area (Å²) in [6.07, 6.45) is 2.41. The number of para-hydroxylation sites is 1. The van der Waals surface area contributed by atoms with Crippen LogP contribution < -0.4 is 14.8 Å². The van der Waals surface area contributed by atoms with Crippen molar-refractivity contribution in [1.82, 2.24) is 9.47 Å². The van der Waals surface area contributed by atoms with Crippen molar-refractivity contribution in [3.8, 4) is 11.5 Å². The Morgan fingerprint density at radius 1 is 1.11 bits per heavy atom. The van der Waals surface area contributed by atoms with Crippen LogP contribution >= 0.6 is 0 Å². The molecule has 1 unspecified atom stereocenters. The molecule has 2 aromatic carbocycles. The first-order valence-corrected chi connectivity index (χ1v) is 10.1. The zero-order valence-electron chi connectivity index (χ0n) is 16.6. The Bertz CT molecular complexity index is 1010. The average molecular weight is 377 g/mol. The molecule has 0 spiro atoms. The predicted molar refractivity (Wildman–Crippen MR) is 112 cm³/mol. The molecule has 3 heterocycles. The molecule has 1 aromatic heterocycles. The summed E-state index contributed by atoms with van der Waals surface area (Å²) in [7, 11) is 2.17. The normalized spacial score (nSPS) is 19.3. The van der Waals surface area contributed by atoms with Crippen molar-refractivity contribution in [3.05, 3.63) is 53.7 Å². The number of hydrogen-bond donors (Lipinski definition) is 1. The number of benzene rings is 2. The third kappa shape index (κ3) is 3.10. The standard InChI is InChI=1S/C23H27N3O2/c1-16-20(19-7-3-4-8-21(19)25(16)2)14-26-11-5-6-18(13-26)24-17-9-10-22-23(12-17)28-15-27-22/h3-4,7-10,12,18,24H,5-6,11,13-15H2,1-2H3. The van der Waals surface area contributed by atoms with Gasteiger partial charge in [0.05, 0.1) is 0 Å². The fourth-order valence-electron chi connectivity index (χ4n) is 4.56. The van der Waals surface area contributed by atoms with E-state index in [-0.39, 0.29) is 0 Å². The summed E-state index contributed by atoms with van der Waals surface area (Å²) in [6.45, 7) is 5.77. The van der Waals surface area contributed by atoms with Crippen LogP contribution in [0.3, 0.4) is 0 Å². The Balaban J connectivity index is 1.31. The van der Waals surface area contributed by atoms with Crippen molar-refractivity contribution >= 4 is 16.6 Å². The van der Waals surface area contributed by atoms with Crippen molar-refractivity contribution in [1.29, 1.82) is 0 Å². The van der Waals surface area contributed by atoms with Gasteiger partial charge in [0.15, 0.2) is 11.5 Å². The molecular weight excluding hydrogens is 350 g/mol. The Kier molecular flexibility index (Phi) is 4.40. The van der Waals surface area contributed by atoms with Crippen molar-refractivity contribution in [2.45, 2.75) is 32.4 Å². The number of likely N-dealkylation sites (tertiary alicyclic amines) is 1. The van der Waals surface area contributed by atoms with E-state index in [0.29, 0.717) is 12.8 Å². The quantitative estimate of drug-likeness (QED) is 0.736. The molecule has 5 heteroatoms. The highest BCUT2D eigenvalue weighted by atomic mass is 16.7. The molecule has 3 aromatic rings. The molecule has 1 N–H and O–H groups in total. The molecule has 0 saturated carbocycles. The summed E-state index contributed by atoms with van der Waals surface area (Å²) in [5.74, 6) is 1.67. The molecule has 0 aliphatic carbocycles. The van der Waals surface area contributed by atoms with Crippen LogP contribution in [-0.2, 0) is 13.6 Å². The predicted octanol–water partition coefficient (Wildman–Crippen LogP) is 4.29. The number of fused-ring (bicyclic) bond motifs is 2. The zero-order chi connectivity index (χ0) is 19.1. The van der Waals surface area contributed by atoms with Gasteiger partial charge in [0.1, 0.15) is 0 Å². The second-order valence-electron chi connectivity index (χ2n) is 7.93. The van der Waals surface area contributed by atoms with Gasteiger partial charge in [0, 0.05) is 54.5 Å². The van der Waals surface area contributed by atoms with Gasteiger partial charge in [-0.1, -0.05) is 18.2 Å². The van der Waals surface area contributed by atoms with E-state index < -0.39 is 0 Å². The number of piperidine rings is 1. The number of nitrogens with zero attached hydrogens (tertiary/aromatic N) is 2. The Hall–Kier alpha value is -2.66. The number of ether oxygens (including phenoxy) is 2. The highest BCUT2D eigenvalue weighted by molar-refractivity contribution is 5.85. The van der Waals surface area contributed by atoms with Crippen molar-refractivity contribution in [2.75, 3.05) is 25.2 Å². The Labute approximate surface area is 165 Å². The van der Waals surface area contributed by atoms with E-state index >= 15 is 0 Å². The first kappa shape index (κ1) is 17.4. The number of nitrogens with one attached hydrogen (secondary N) is 1. The molecule has 0 amide bonds. The maximum Gasteiger partial charge on any atom is 0.231 e. The van der Waals surface area contributed by atoms with Gasteiger partial charge in [-0.25, -0.2) is 0 Å². The molecule has 5 nitrogen and oxygen atoms in total. The van der Waals surface area contributed by atoms with Gasteiger partial charge < -0.3 is 19.4 Å². The van der Waals surface area contributed by atoms with Crippen LogP contribution in [-0.4, -0.2) is 35.4 Å². The van der Waals surface area contributed by atoms with E-state index in [1.165, 1.54) is 35.0 Å². The van der Waals surface area contributed by atoms with Crippen molar-refractivity contribution < 1.29 is 9.47 Å². The number of anilines is 1. The first-order chi connectivity index (χ1) is 13.7. The lowest BCUT2D eigenvalue weighted by Crippen LogP contribution is -2.41. The molecule has 1 atom stereocenters. The lowest BCUT2D eigenvalue weighted by molar-refractivity contribution is 0.174. The van der Waals surface area contributed by atoms with Crippen molar-refractivity contribution in [2.24, 2.45) is 7.05 Å². The van der Waals surface area contributed by atoms with Crippen molar-refractivity contribution in [3.63, 3.8) is 0 Å². The Morgan fingerprint density at radius 3 is 2.89 bits per heavy atom. The second-order valence-corrected chi connectivity index (χ2v) is 7.93. The maximum absolute atomic E-state index is 5.51. The summed E-state index contributed by atoms with van der Waals surface area (Å²) in [6, 6.07) is 15.3. The second kappa shape index (κ2) is 7.06. The highest BCUT2D eigenvalue weighted by Crippen LogP contribution is 2.35. The minimum atomic E-state index is 0.320. The first-order valence-electron chi connectivity index (χ1n) is 10.1. The smallest absolute Gasteiger partial charge is 0.231 e. The summed E-state index contributed by atoms with van der Waals surface area (Å²) in [5, 5.41) is 5.08. The van der Waals surface area contributed by atoms with E-state index in [0.717, 1.165) is 36.8 Å². The van der Waals surface area contributed by atoms with Crippen LogP contribution in [0.4, 0.5) is 5.69 Å². The molecule has 2 aliphatic rings. The molecule has 0 bridgehead atoms. The SMILES string of the molecule is Cc1c(CN2CCCC(Nc3ccc4c(c3)OCO4)C2)c2ccccc2n1C. The van der Waals surface area contributed by atoms with E-state index in [2.05, 4.69) is 65.2 Å². The van der Waals surface area contributed by atoms with Crippen LogP contribution in [0.5, 0.6) is 11.5 Å². The van der Waals surface area contributed by atoms with Crippen LogP contribution in [0.15, 0.2) is 42.5 Å². The summed E-state index contributed by atoms with van der Waals surface area (Å²) in [5.41, 5.74) is 5.26. The van der Waals surface area contributed by atoms with E-state index in [1.54, 1.807) is 0 Å². The van der Waals surface area contributed by atoms with E-state index in [4.69, 9.17) is 9.47 Å². The summed E-state index contributed by atoms with van der Waals surface area (Å²) < 4.78 is 13.2. The van der Waals surface area contributed by atoms with Gasteiger partial charge in [0.2, 0.25) is 6.79 Å². The van der Waals surface area contributed by atoms with Gasteiger partial charge in [-0.3, -0.25) is 4.90 Å². The monoisotopic (exact) mass is 377 g/mol. The van der Waals surface area contributed by atoms with Crippen LogP contribution in [0.2, 0.25) is 0 Å². The lowest BCUT2D eigenvalue weighted by atomic mass is 10.0. The molecule has 2 aliphatic heterocycles. The molecule has 5 rings (SSSR count). The molecular formula is C23H27N3O2. The van der Waals surface area contributed by atoms with Gasteiger partial charge >= 0.3 is 0 Å². The minimum absolute atomic E-state index is 0.320. The van der Waals surface area contributed by atoms with Gasteiger partial charge in [0.25, 0.3) is 0 Å². The molecule has 28 heavy (non-hydrogen) atoms. The number of hydrogen-bond acceptors (Lipinski definition) is 4. The molecule has 0 radical (unpaired) electrons. The van der Waals surface area contributed by atoms with E-state index in [1.807, 2.05) is 6.07 Å². The van der Waals surface area contributed by atoms with Gasteiger partial charge in [-0.05, 0) is 50.1 Å². The average Bonchev–Trinajstić information content (AvgIpc) is 3.27. The zero-order valence-corrected chi connectivity index (χ0v) is 16.6. The third-order valence-electron chi connectivity index (χ3n) is 6.16. The minimum Gasteiger partial charge on any atom is -0.454 e. The Morgan fingerprint density at radius 2 is 1.96 bits per heavy atom. The van der Waals surface area contributed by atoms with E-state index in [9.17, 15) is 0 Å². The number of rotatable bonds is 4. The van der Waals surface area contributed by atoms with Crippen LogP contribution in [0.1, 0.15) is 24.1 Å². The summed E-state index contributed by atoms with van der Waals surface area (Å²) in [4.78, 5) is 2.59. The largest absolute Gasteiger partial charge is 0.454 e. The third-order valence-corrected chi connectivity index (χ3v) is 6.16. The van der Waals surface area contributed by atoms with Gasteiger partial charge in [-0.15, -0.1) is 0 Å². The lowest BCUT2D eigenvalue weighted by Gasteiger charge is -2.33. The summed E-state index contributed by atoms with van der Waals surface area (Å²) >= 11 is 0. The number of aromatic nitrogens is 1. The fraction of sp³-hybridized carbons (Fsp3) is 0.391.